The molecule has 0 atom stereocenters. The second-order valence-electron chi connectivity index (χ2n) is 4.71. The van der Waals surface area contributed by atoms with Crippen LogP contribution in [0.15, 0.2) is 18.2 Å². The molecule has 21 heavy (non-hydrogen) atoms. The van der Waals surface area contributed by atoms with Crippen molar-refractivity contribution in [2.45, 2.75) is 27.2 Å². The number of nitrogens with two attached hydrogens (primary N) is 1. The molecule has 0 unspecified atom stereocenters. The van der Waals surface area contributed by atoms with Crippen molar-refractivity contribution < 1.29 is 4.79 Å². The second-order valence-corrected chi connectivity index (χ2v) is 4.71. The lowest BCUT2D eigenvalue weighted by Gasteiger charge is -2.17. The summed E-state index contributed by atoms with van der Waals surface area (Å²) >= 11 is 0. The van der Waals surface area contributed by atoms with Gasteiger partial charge in [-0.25, -0.2) is 0 Å². The first-order valence-electron chi connectivity index (χ1n) is 6.95. The number of carbonyl (C=O) groups excluding carboxylic acids is 1. The highest BCUT2D eigenvalue weighted by Gasteiger charge is 2.08. The van der Waals surface area contributed by atoms with Crippen LogP contribution in [0.25, 0.3) is 0 Å². The van der Waals surface area contributed by atoms with Gasteiger partial charge in [-0.1, -0.05) is 19.9 Å². The predicted molar refractivity (Wildman–Crippen MR) is 94.8 cm³/mol. The van der Waals surface area contributed by atoms with Crippen LogP contribution in [-0.2, 0) is 0 Å². The largest absolute Gasteiger partial charge is 0.399 e. The number of halogens is 2. The van der Waals surface area contributed by atoms with Gasteiger partial charge in [-0.05, 0) is 50.7 Å². The molecule has 1 aromatic carbocycles. The maximum Gasteiger partial charge on any atom is 0.251 e. The number of aryl methyl sites for hydroxylation is 1. The number of carbonyl (C=O) groups is 1. The van der Waals surface area contributed by atoms with Crippen molar-refractivity contribution in [1.82, 2.24) is 10.2 Å². The van der Waals surface area contributed by atoms with E-state index in [0.29, 0.717) is 17.8 Å². The zero-order valence-electron chi connectivity index (χ0n) is 13.0. The fourth-order valence-corrected chi connectivity index (χ4v) is 2.02. The summed E-state index contributed by atoms with van der Waals surface area (Å²) in [6, 6.07) is 5.42. The highest BCUT2D eigenvalue weighted by Crippen LogP contribution is 2.12. The Morgan fingerprint density at radius 2 is 1.86 bits per heavy atom. The van der Waals surface area contributed by atoms with E-state index in [1.165, 1.54) is 0 Å². The van der Waals surface area contributed by atoms with Gasteiger partial charge in [-0.15, -0.1) is 24.8 Å². The average molecular weight is 336 g/mol. The van der Waals surface area contributed by atoms with Crippen molar-refractivity contribution in [1.29, 1.82) is 0 Å². The smallest absolute Gasteiger partial charge is 0.251 e. The third kappa shape index (κ3) is 7.55. The van der Waals surface area contributed by atoms with Crippen molar-refractivity contribution in [2.75, 3.05) is 31.9 Å². The Bertz CT molecular complexity index is 423. The summed E-state index contributed by atoms with van der Waals surface area (Å²) in [6.07, 6.45) is 0.967. The molecule has 0 radical (unpaired) electrons. The van der Waals surface area contributed by atoms with Crippen molar-refractivity contribution in [3.05, 3.63) is 29.3 Å². The minimum atomic E-state index is -0.0376. The van der Waals surface area contributed by atoms with Gasteiger partial charge in [0.25, 0.3) is 5.91 Å². The standard InChI is InChI=1S/C15H25N3O.2ClH/c1-4-18(5-2)10-6-9-17-15(19)14-11-13(16)8-7-12(14)3;;/h7-8,11H,4-6,9-10,16H2,1-3H3,(H,17,19);2*1H. The fourth-order valence-electron chi connectivity index (χ4n) is 2.02. The number of nitrogens with zero attached hydrogens (tertiary/aromatic N) is 1. The van der Waals surface area contributed by atoms with Crippen LogP contribution in [0, 0.1) is 6.92 Å². The number of hydrogen-bond donors (Lipinski definition) is 2. The number of benzene rings is 1. The van der Waals surface area contributed by atoms with Crippen LogP contribution in [0.3, 0.4) is 0 Å². The number of amides is 1. The summed E-state index contributed by atoms with van der Waals surface area (Å²) in [4.78, 5) is 14.4. The fraction of sp³-hybridized carbons (Fsp3) is 0.533. The summed E-state index contributed by atoms with van der Waals surface area (Å²) in [5.41, 5.74) is 7.96. The molecule has 0 heterocycles. The number of nitrogens with one attached hydrogen (secondary N) is 1. The van der Waals surface area contributed by atoms with Crippen LogP contribution in [0.4, 0.5) is 5.69 Å². The van der Waals surface area contributed by atoms with Gasteiger partial charge in [0.1, 0.15) is 0 Å². The monoisotopic (exact) mass is 335 g/mol. The summed E-state index contributed by atoms with van der Waals surface area (Å²) < 4.78 is 0. The van der Waals surface area contributed by atoms with E-state index >= 15 is 0 Å². The molecular weight excluding hydrogens is 309 g/mol. The highest BCUT2D eigenvalue weighted by atomic mass is 35.5. The first kappa shape index (κ1) is 22.3. The Hall–Kier alpha value is -0.970. The Kier molecular flexibility index (Phi) is 12.4. The molecule has 0 aromatic heterocycles. The Labute approximate surface area is 140 Å². The summed E-state index contributed by atoms with van der Waals surface area (Å²) in [6.45, 7) is 10.0. The molecule has 6 heteroatoms. The maximum absolute atomic E-state index is 12.0. The zero-order chi connectivity index (χ0) is 14.3. The minimum absolute atomic E-state index is 0. The molecule has 122 valence electrons. The normalized spacial score (nSPS) is 9.71. The van der Waals surface area contributed by atoms with Gasteiger partial charge in [-0.2, -0.15) is 0 Å². The molecule has 0 aliphatic carbocycles. The van der Waals surface area contributed by atoms with Crippen LogP contribution >= 0.6 is 24.8 Å². The molecule has 0 aliphatic heterocycles. The minimum Gasteiger partial charge on any atom is -0.399 e. The van der Waals surface area contributed by atoms with E-state index in [0.717, 1.165) is 31.6 Å². The molecule has 4 nitrogen and oxygen atoms in total. The van der Waals surface area contributed by atoms with Crippen LogP contribution in [0.5, 0.6) is 0 Å². The van der Waals surface area contributed by atoms with Gasteiger partial charge in [0.2, 0.25) is 0 Å². The predicted octanol–water partition coefficient (Wildman–Crippen LogP) is 2.88. The van der Waals surface area contributed by atoms with E-state index in [1.54, 1.807) is 6.07 Å². The van der Waals surface area contributed by atoms with Gasteiger partial charge >= 0.3 is 0 Å². The third-order valence-electron chi connectivity index (χ3n) is 3.34. The van der Waals surface area contributed by atoms with Gasteiger partial charge < -0.3 is 16.0 Å². The van der Waals surface area contributed by atoms with E-state index in [2.05, 4.69) is 24.1 Å². The van der Waals surface area contributed by atoms with Crippen LogP contribution < -0.4 is 11.1 Å². The third-order valence-corrected chi connectivity index (χ3v) is 3.34. The Balaban J connectivity index is 0. The Morgan fingerprint density at radius 3 is 2.43 bits per heavy atom. The lowest BCUT2D eigenvalue weighted by molar-refractivity contribution is 0.0951. The second kappa shape index (κ2) is 11.7. The molecular formula is C15H27Cl2N3O. The first-order valence-corrected chi connectivity index (χ1v) is 6.95. The quantitative estimate of drug-likeness (QED) is 0.595. The molecule has 1 amide bonds. The number of nitrogen functional groups attached to an aromatic ring is 1. The highest BCUT2D eigenvalue weighted by molar-refractivity contribution is 5.96. The SMILES string of the molecule is CCN(CC)CCCNC(=O)c1cc(N)ccc1C.Cl.Cl. The molecule has 0 bridgehead atoms. The van der Waals surface area contributed by atoms with E-state index < -0.39 is 0 Å². The molecule has 0 aliphatic rings. The molecule has 1 rings (SSSR count). The van der Waals surface area contributed by atoms with Crippen molar-refractivity contribution in [2.24, 2.45) is 0 Å². The number of hydrogen-bond acceptors (Lipinski definition) is 3. The molecule has 0 spiro atoms. The summed E-state index contributed by atoms with van der Waals surface area (Å²) in [7, 11) is 0. The van der Waals surface area contributed by atoms with Gasteiger partial charge in [0, 0.05) is 17.8 Å². The van der Waals surface area contributed by atoms with E-state index in [4.69, 9.17) is 5.73 Å². The van der Waals surface area contributed by atoms with E-state index in [9.17, 15) is 4.79 Å². The molecule has 0 saturated carbocycles. The van der Waals surface area contributed by atoms with Crippen LogP contribution in [0.1, 0.15) is 36.2 Å². The number of rotatable bonds is 7. The van der Waals surface area contributed by atoms with E-state index in [1.807, 2.05) is 19.1 Å². The van der Waals surface area contributed by atoms with Crippen LogP contribution in [0.2, 0.25) is 0 Å². The van der Waals surface area contributed by atoms with Gasteiger partial charge in [0.15, 0.2) is 0 Å². The van der Waals surface area contributed by atoms with E-state index in [-0.39, 0.29) is 30.7 Å². The van der Waals surface area contributed by atoms with Gasteiger partial charge in [-0.3, -0.25) is 4.79 Å². The molecule has 3 N–H and O–H groups in total. The summed E-state index contributed by atoms with van der Waals surface area (Å²) in [5, 5.41) is 2.95. The van der Waals surface area contributed by atoms with Crippen molar-refractivity contribution in [3.63, 3.8) is 0 Å². The van der Waals surface area contributed by atoms with Crippen molar-refractivity contribution >= 4 is 36.4 Å². The average Bonchev–Trinajstić information content (AvgIpc) is 2.41. The maximum atomic E-state index is 12.0. The number of anilines is 1. The zero-order valence-corrected chi connectivity index (χ0v) is 14.6. The molecule has 1 aromatic rings. The lowest BCUT2D eigenvalue weighted by Crippen LogP contribution is -2.30. The summed E-state index contributed by atoms with van der Waals surface area (Å²) in [5.74, 6) is -0.0376. The topological polar surface area (TPSA) is 58.4 Å². The van der Waals surface area contributed by atoms with Crippen LogP contribution in [-0.4, -0.2) is 37.0 Å². The van der Waals surface area contributed by atoms with Crippen molar-refractivity contribution in [3.8, 4) is 0 Å². The first-order chi connectivity index (χ1) is 9.08. The lowest BCUT2D eigenvalue weighted by atomic mass is 10.1. The Morgan fingerprint density at radius 1 is 1.24 bits per heavy atom. The molecule has 0 fully saturated rings. The molecule has 0 saturated heterocycles. The van der Waals surface area contributed by atoms with Gasteiger partial charge in [0.05, 0.1) is 0 Å².